The van der Waals surface area contributed by atoms with Crippen LogP contribution in [0.15, 0.2) is 115 Å². The van der Waals surface area contributed by atoms with Crippen LogP contribution in [0.5, 0.6) is 11.5 Å². The van der Waals surface area contributed by atoms with Gasteiger partial charge in [0.25, 0.3) is 0 Å². The largest absolute Gasteiger partial charge is 0.456 e. The maximum absolute atomic E-state index is 6.58. The molecule has 0 N–H and O–H groups in total. The molecule has 0 spiro atoms. The molecule has 0 amide bonds. The molecule has 6 aromatic rings. The molecule has 0 atom stereocenters. The second kappa shape index (κ2) is 7.26. The van der Waals surface area contributed by atoms with Gasteiger partial charge in [0.15, 0.2) is 0 Å². The van der Waals surface area contributed by atoms with Gasteiger partial charge in [-0.15, -0.1) is 0 Å². The number of pyridine rings is 1. The fraction of sp³-hybridized carbons (Fsp3) is 0. The second-order valence-electron chi connectivity index (χ2n) is 7.59. The van der Waals surface area contributed by atoms with Crippen LogP contribution in [0.1, 0.15) is 0 Å². The van der Waals surface area contributed by atoms with Gasteiger partial charge in [-0.05, 0) is 34.7 Å². The second-order valence-corrected chi connectivity index (χ2v) is 7.59. The third kappa shape index (κ3) is 2.92. The third-order valence-corrected chi connectivity index (χ3v) is 5.74. The van der Waals surface area contributed by atoms with Crippen LogP contribution in [0.3, 0.4) is 0 Å². The molecule has 2 nitrogen and oxygen atoms in total. The minimum absolute atomic E-state index is 0.822. The number of ether oxygens (including phenoxy) is 1. The molecule has 0 aliphatic rings. The monoisotopic (exact) mass is 397 g/mol. The molecule has 0 fully saturated rings. The Kier molecular flexibility index (Phi) is 4.14. The highest BCUT2D eigenvalue weighted by Crippen LogP contribution is 2.46. The van der Waals surface area contributed by atoms with E-state index in [2.05, 4.69) is 72.8 Å². The Morgan fingerprint density at radius 2 is 1.13 bits per heavy atom. The Hall–Kier alpha value is -4.17. The van der Waals surface area contributed by atoms with Crippen LogP contribution in [-0.4, -0.2) is 4.98 Å². The lowest BCUT2D eigenvalue weighted by atomic mass is 9.90. The van der Waals surface area contributed by atoms with Crippen LogP contribution in [-0.2, 0) is 0 Å². The van der Waals surface area contributed by atoms with Crippen molar-refractivity contribution < 1.29 is 4.74 Å². The molecular weight excluding hydrogens is 378 g/mol. The molecule has 0 radical (unpaired) electrons. The van der Waals surface area contributed by atoms with Gasteiger partial charge in [-0.25, -0.2) is 0 Å². The normalized spacial score (nSPS) is 11.2. The Labute approximate surface area is 180 Å². The van der Waals surface area contributed by atoms with E-state index < -0.39 is 0 Å². The Bertz CT molecular complexity index is 1540. The molecule has 146 valence electrons. The number of benzene rings is 5. The molecular formula is C29H19NO. The van der Waals surface area contributed by atoms with E-state index in [9.17, 15) is 0 Å². The van der Waals surface area contributed by atoms with Crippen LogP contribution in [0, 0.1) is 0 Å². The van der Waals surface area contributed by atoms with Gasteiger partial charge < -0.3 is 4.74 Å². The number of para-hydroxylation sites is 2. The van der Waals surface area contributed by atoms with Gasteiger partial charge in [0, 0.05) is 27.7 Å². The standard InChI is InChI=1S/C29H19NO/c1-3-11-20(12-4-1)27-22-15-7-8-16-23(22)29(31-21-13-5-2-6-14-21)28-24-17-9-10-18-26(24)30-19-25(27)28/h1-19H. The van der Waals surface area contributed by atoms with Crippen LogP contribution in [0.4, 0.5) is 0 Å². The highest BCUT2D eigenvalue weighted by Gasteiger charge is 2.19. The molecule has 0 bridgehead atoms. The van der Waals surface area contributed by atoms with Gasteiger partial charge >= 0.3 is 0 Å². The van der Waals surface area contributed by atoms with Gasteiger partial charge in [0.1, 0.15) is 11.5 Å². The molecule has 0 saturated carbocycles. The number of nitrogens with zero attached hydrogens (tertiary/aromatic N) is 1. The first-order valence-electron chi connectivity index (χ1n) is 10.4. The van der Waals surface area contributed by atoms with E-state index in [-0.39, 0.29) is 0 Å². The minimum Gasteiger partial charge on any atom is -0.456 e. The molecule has 1 heterocycles. The van der Waals surface area contributed by atoms with Crippen molar-refractivity contribution in [2.24, 2.45) is 0 Å². The first-order valence-corrected chi connectivity index (χ1v) is 10.4. The zero-order valence-electron chi connectivity index (χ0n) is 16.8. The van der Waals surface area contributed by atoms with Gasteiger partial charge in [0.2, 0.25) is 0 Å². The zero-order valence-corrected chi connectivity index (χ0v) is 16.8. The van der Waals surface area contributed by atoms with Gasteiger partial charge in [-0.2, -0.15) is 0 Å². The summed E-state index contributed by atoms with van der Waals surface area (Å²) in [4.78, 5) is 4.79. The number of rotatable bonds is 3. The molecule has 0 unspecified atom stereocenters. The molecule has 6 rings (SSSR count). The lowest BCUT2D eigenvalue weighted by Gasteiger charge is -2.18. The summed E-state index contributed by atoms with van der Waals surface area (Å²) >= 11 is 0. The van der Waals surface area contributed by atoms with E-state index in [0.29, 0.717) is 0 Å². The Morgan fingerprint density at radius 3 is 1.90 bits per heavy atom. The van der Waals surface area contributed by atoms with E-state index in [4.69, 9.17) is 9.72 Å². The van der Waals surface area contributed by atoms with Gasteiger partial charge in [-0.1, -0.05) is 91.0 Å². The summed E-state index contributed by atoms with van der Waals surface area (Å²) in [5.74, 6) is 1.69. The number of hydrogen-bond acceptors (Lipinski definition) is 2. The quantitative estimate of drug-likeness (QED) is 0.223. The Morgan fingerprint density at radius 1 is 0.516 bits per heavy atom. The van der Waals surface area contributed by atoms with Crippen LogP contribution in [0.2, 0.25) is 0 Å². The van der Waals surface area contributed by atoms with Crippen molar-refractivity contribution in [1.29, 1.82) is 0 Å². The topological polar surface area (TPSA) is 22.1 Å². The summed E-state index contributed by atoms with van der Waals surface area (Å²) < 4.78 is 6.58. The first-order chi connectivity index (χ1) is 15.4. The van der Waals surface area contributed by atoms with E-state index in [1.54, 1.807) is 0 Å². The van der Waals surface area contributed by atoms with Crippen molar-refractivity contribution >= 4 is 32.4 Å². The van der Waals surface area contributed by atoms with Crippen molar-refractivity contribution in [3.8, 4) is 22.6 Å². The van der Waals surface area contributed by atoms with E-state index in [0.717, 1.165) is 43.9 Å². The molecule has 0 aliphatic carbocycles. The molecule has 5 aromatic carbocycles. The molecule has 2 heteroatoms. The molecule has 31 heavy (non-hydrogen) atoms. The summed E-state index contributed by atoms with van der Waals surface area (Å²) in [5, 5.41) is 5.52. The lowest BCUT2D eigenvalue weighted by molar-refractivity contribution is 0.494. The molecule has 0 saturated heterocycles. The average molecular weight is 397 g/mol. The molecule has 0 aliphatic heterocycles. The predicted octanol–water partition coefficient (Wildman–Crippen LogP) is 8.00. The van der Waals surface area contributed by atoms with Crippen molar-refractivity contribution in [2.45, 2.75) is 0 Å². The van der Waals surface area contributed by atoms with Gasteiger partial charge in [-0.3, -0.25) is 4.98 Å². The predicted molar refractivity (Wildman–Crippen MR) is 129 cm³/mol. The SMILES string of the molecule is c1ccc(Oc2c3ccccc3c(-c3ccccc3)c3cnc4ccccc4c23)cc1. The fourth-order valence-electron chi connectivity index (χ4n) is 4.38. The zero-order chi connectivity index (χ0) is 20.6. The van der Waals surface area contributed by atoms with Crippen LogP contribution in [0.25, 0.3) is 43.6 Å². The van der Waals surface area contributed by atoms with Gasteiger partial charge in [0.05, 0.1) is 5.52 Å². The number of aromatic nitrogens is 1. The number of fused-ring (bicyclic) bond motifs is 4. The van der Waals surface area contributed by atoms with Crippen molar-refractivity contribution in [3.05, 3.63) is 115 Å². The fourth-order valence-corrected chi connectivity index (χ4v) is 4.38. The van der Waals surface area contributed by atoms with Crippen molar-refractivity contribution in [1.82, 2.24) is 4.98 Å². The van der Waals surface area contributed by atoms with Crippen LogP contribution < -0.4 is 4.74 Å². The smallest absolute Gasteiger partial charge is 0.143 e. The summed E-state index contributed by atoms with van der Waals surface area (Å²) in [6.45, 7) is 0. The van der Waals surface area contributed by atoms with E-state index in [1.807, 2.05) is 42.6 Å². The Balaban J connectivity index is 1.82. The van der Waals surface area contributed by atoms with Crippen molar-refractivity contribution in [3.63, 3.8) is 0 Å². The molecule has 1 aromatic heterocycles. The van der Waals surface area contributed by atoms with Crippen LogP contribution >= 0.6 is 0 Å². The minimum atomic E-state index is 0.822. The van der Waals surface area contributed by atoms with Crippen molar-refractivity contribution in [2.75, 3.05) is 0 Å². The summed E-state index contributed by atoms with van der Waals surface area (Å²) in [6.07, 6.45) is 1.99. The average Bonchev–Trinajstić information content (AvgIpc) is 2.85. The third-order valence-electron chi connectivity index (χ3n) is 5.74. The highest BCUT2D eigenvalue weighted by atomic mass is 16.5. The summed E-state index contributed by atoms with van der Waals surface area (Å²) in [6, 6.07) is 37.3. The highest BCUT2D eigenvalue weighted by molar-refractivity contribution is 6.23. The summed E-state index contributed by atoms with van der Waals surface area (Å²) in [5.41, 5.74) is 3.32. The maximum atomic E-state index is 6.58. The maximum Gasteiger partial charge on any atom is 0.143 e. The first kappa shape index (κ1) is 17.7. The summed E-state index contributed by atoms with van der Waals surface area (Å²) in [7, 11) is 0. The number of hydrogen-bond donors (Lipinski definition) is 0. The van der Waals surface area contributed by atoms with E-state index in [1.165, 1.54) is 11.1 Å². The van der Waals surface area contributed by atoms with E-state index >= 15 is 0 Å². The lowest BCUT2D eigenvalue weighted by Crippen LogP contribution is -1.94.